The van der Waals surface area contributed by atoms with Crippen LogP contribution in [0.25, 0.3) is 0 Å². The van der Waals surface area contributed by atoms with Gasteiger partial charge in [-0.2, -0.15) is 4.31 Å². The minimum absolute atomic E-state index is 0.0428. The summed E-state index contributed by atoms with van der Waals surface area (Å²) in [6.45, 7) is 3.26. The third-order valence-corrected chi connectivity index (χ3v) is 7.82. The summed E-state index contributed by atoms with van der Waals surface area (Å²) in [7, 11) is -3.78. The van der Waals surface area contributed by atoms with Gasteiger partial charge in [-0.3, -0.25) is 9.59 Å². The van der Waals surface area contributed by atoms with Crippen molar-refractivity contribution in [3.05, 3.63) is 29.0 Å². The number of hydrogen-bond donors (Lipinski definition) is 1. The van der Waals surface area contributed by atoms with E-state index in [0.717, 1.165) is 25.0 Å². The van der Waals surface area contributed by atoms with Gasteiger partial charge in [0.15, 0.2) is 0 Å². The SMILES string of the molecule is CC(=O)N1CCC(NC(=O)C2CCN(S(=O)(=O)c3ccc(F)c(Cl)c3)CC2)CC1. The number of benzene rings is 1. The molecule has 29 heavy (non-hydrogen) atoms. The second kappa shape index (κ2) is 8.97. The highest BCUT2D eigenvalue weighted by molar-refractivity contribution is 7.89. The van der Waals surface area contributed by atoms with E-state index in [1.165, 1.54) is 10.4 Å². The number of sulfonamides is 1. The number of carbonyl (C=O) groups excluding carboxylic acids is 2. The lowest BCUT2D eigenvalue weighted by Crippen LogP contribution is -2.49. The van der Waals surface area contributed by atoms with Gasteiger partial charge in [0.1, 0.15) is 5.82 Å². The van der Waals surface area contributed by atoms with E-state index in [1.807, 2.05) is 0 Å². The summed E-state index contributed by atoms with van der Waals surface area (Å²) in [6, 6.07) is 3.38. The Kier molecular flexibility index (Phi) is 6.80. The fourth-order valence-electron chi connectivity index (χ4n) is 3.80. The van der Waals surface area contributed by atoms with Crippen LogP contribution < -0.4 is 5.32 Å². The second-order valence-corrected chi connectivity index (χ2v) is 9.89. The van der Waals surface area contributed by atoms with Crippen molar-refractivity contribution in [2.45, 2.75) is 43.5 Å². The van der Waals surface area contributed by atoms with Crippen LogP contribution in [0.2, 0.25) is 5.02 Å². The molecule has 2 amide bonds. The number of piperidine rings is 2. The molecule has 1 N–H and O–H groups in total. The van der Waals surface area contributed by atoms with Crippen molar-refractivity contribution in [2.75, 3.05) is 26.2 Å². The predicted octanol–water partition coefficient (Wildman–Crippen LogP) is 2.01. The Balaban J connectivity index is 1.52. The number of hydrogen-bond acceptors (Lipinski definition) is 4. The molecule has 160 valence electrons. The zero-order valence-electron chi connectivity index (χ0n) is 16.2. The smallest absolute Gasteiger partial charge is 0.243 e. The van der Waals surface area contributed by atoms with E-state index < -0.39 is 15.8 Å². The van der Waals surface area contributed by atoms with Crippen molar-refractivity contribution in [3.63, 3.8) is 0 Å². The molecule has 0 unspecified atom stereocenters. The molecule has 0 aromatic heterocycles. The predicted molar refractivity (Wildman–Crippen MR) is 106 cm³/mol. The number of rotatable bonds is 4. The first kappa shape index (κ1) is 22.0. The van der Waals surface area contributed by atoms with Crippen molar-refractivity contribution in [3.8, 4) is 0 Å². The zero-order chi connectivity index (χ0) is 21.2. The largest absolute Gasteiger partial charge is 0.353 e. The van der Waals surface area contributed by atoms with Crippen molar-refractivity contribution in [2.24, 2.45) is 5.92 Å². The van der Waals surface area contributed by atoms with Gasteiger partial charge in [0.2, 0.25) is 21.8 Å². The van der Waals surface area contributed by atoms with Gasteiger partial charge in [-0.1, -0.05) is 11.6 Å². The Morgan fingerprint density at radius 1 is 1.10 bits per heavy atom. The Morgan fingerprint density at radius 2 is 1.72 bits per heavy atom. The molecule has 2 aliphatic rings. The lowest BCUT2D eigenvalue weighted by molar-refractivity contribution is -0.130. The van der Waals surface area contributed by atoms with Crippen LogP contribution in [0.4, 0.5) is 4.39 Å². The van der Waals surface area contributed by atoms with Crippen LogP contribution in [-0.2, 0) is 19.6 Å². The van der Waals surface area contributed by atoms with Gasteiger partial charge in [0.25, 0.3) is 0 Å². The molecule has 2 aliphatic heterocycles. The fraction of sp³-hybridized carbons (Fsp3) is 0.579. The van der Waals surface area contributed by atoms with Gasteiger partial charge >= 0.3 is 0 Å². The van der Waals surface area contributed by atoms with E-state index in [4.69, 9.17) is 11.6 Å². The molecule has 2 saturated heterocycles. The second-order valence-electron chi connectivity index (χ2n) is 7.54. The summed E-state index contributed by atoms with van der Waals surface area (Å²) in [5, 5.41) is 2.80. The van der Waals surface area contributed by atoms with Crippen molar-refractivity contribution < 1.29 is 22.4 Å². The average Bonchev–Trinajstić information content (AvgIpc) is 2.70. The highest BCUT2D eigenvalue weighted by atomic mass is 35.5. The number of halogens is 2. The van der Waals surface area contributed by atoms with E-state index >= 15 is 0 Å². The van der Waals surface area contributed by atoms with E-state index in [2.05, 4.69) is 5.32 Å². The quantitative estimate of drug-likeness (QED) is 0.768. The van der Waals surface area contributed by atoms with Crippen LogP contribution in [0.1, 0.15) is 32.6 Å². The topological polar surface area (TPSA) is 86.8 Å². The van der Waals surface area contributed by atoms with Crippen LogP contribution in [-0.4, -0.2) is 61.7 Å². The van der Waals surface area contributed by atoms with Gasteiger partial charge in [-0.15, -0.1) is 0 Å². The summed E-state index contributed by atoms with van der Waals surface area (Å²) in [5.74, 6) is -0.932. The summed E-state index contributed by atoms with van der Waals surface area (Å²) < 4.78 is 40.1. The van der Waals surface area contributed by atoms with Gasteiger partial charge in [-0.05, 0) is 43.9 Å². The third kappa shape index (κ3) is 5.07. The summed E-state index contributed by atoms with van der Waals surface area (Å²) >= 11 is 5.71. The average molecular weight is 446 g/mol. The first-order chi connectivity index (χ1) is 13.7. The van der Waals surface area contributed by atoms with Gasteiger partial charge < -0.3 is 10.2 Å². The molecule has 0 atom stereocenters. The van der Waals surface area contributed by atoms with Crippen LogP contribution in [0, 0.1) is 11.7 Å². The zero-order valence-corrected chi connectivity index (χ0v) is 17.8. The molecule has 0 aliphatic carbocycles. The normalized spacial score (nSPS) is 19.9. The highest BCUT2D eigenvalue weighted by Crippen LogP contribution is 2.27. The lowest BCUT2D eigenvalue weighted by Gasteiger charge is -2.34. The number of nitrogens with one attached hydrogen (secondary N) is 1. The van der Waals surface area contributed by atoms with Gasteiger partial charge in [0, 0.05) is 45.1 Å². The van der Waals surface area contributed by atoms with Crippen molar-refractivity contribution >= 4 is 33.4 Å². The molecule has 10 heteroatoms. The Hall–Kier alpha value is -1.71. The molecule has 0 spiro atoms. The maximum Gasteiger partial charge on any atom is 0.243 e. The van der Waals surface area contributed by atoms with E-state index in [9.17, 15) is 22.4 Å². The van der Waals surface area contributed by atoms with E-state index in [-0.39, 0.29) is 46.8 Å². The Morgan fingerprint density at radius 3 is 2.28 bits per heavy atom. The van der Waals surface area contributed by atoms with Crippen molar-refractivity contribution in [1.82, 2.24) is 14.5 Å². The molecule has 1 aromatic rings. The minimum Gasteiger partial charge on any atom is -0.353 e. The van der Waals surface area contributed by atoms with Crippen LogP contribution >= 0.6 is 11.6 Å². The maximum atomic E-state index is 13.3. The number of likely N-dealkylation sites (tertiary alicyclic amines) is 1. The van der Waals surface area contributed by atoms with E-state index in [0.29, 0.717) is 25.9 Å². The molecular formula is C19H25ClFN3O4S. The monoisotopic (exact) mass is 445 g/mol. The minimum atomic E-state index is -3.78. The van der Waals surface area contributed by atoms with Crippen molar-refractivity contribution in [1.29, 1.82) is 0 Å². The van der Waals surface area contributed by atoms with E-state index in [1.54, 1.807) is 11.8 Å². The standard InChI is InChI=1S/C19H25ClFN3O4S/c1-13(25)23-8-6-15(7-9-23)22-19(26)14-4-10-24(11-5-14)29(27,28)16-2-3-18(21)17(20)12-16/h2-3,12,14-15H,4-11H2,1H3,(H,22,26). The molecule has 0 saturated carbocycles. The number of amides is 2. The molecule has 2 fully saturated rings. The summed E-state index contributed by atoms with van der Waals surface area (Å²) in [4.78, 5) is 25.7. The van der Waals surface area contributed by atoms with Crippen LogP contribution in [0.5, 0.6) is 0 Å². The first-order valence-electron chi connectivity index (χ1n) is 9.69. The maximum absolute atomic E-state index is 13.3. The van der Waals surface area contributed by atoms with Crippen LogP contribution in [0.3, 0.4) is 0 Å². The fourth-order valence-corrected chi connectivity index (χ4v) is 5.54. The summed E-state index contributed by atoms with van der Waals surface area (Å²) in [6.07, 6.45) is 2.30. The molecule has 3 rings (SSSR count). The molecule has 1 aromatic carbocycles. The number of nitrogens with zero attached hydrogens (tertiary/aromatic N) is 2. The molecule has 7 nitrogen and oxygen atoms in total. The van der Waals surface area contributed by atoms with Gasteiger partial charge in [-0.25, -0.2) is 12.8 Å². The Labute approximate surface area is 175 Å². The number of carbonyl (C=O) groups is 2. The van der Waals surface area contributed by atoms with Crippen LogP contribution in [0.15, 0.2) is 23.1 Å². The first-order valence-corrected chi connectivity index (χ1v) is 11.5. The van der Waals surface area contributed by atoms with Gasteiger partial charge in [0.05, 0.1) is 9.92 Å². The summed E-state index contributed by atoms with van der Waals surface area (Å²) in [5.41, 5.74) is 0. The Bertz CT molecular complexity index is 879. The third-order valence-electron chi connectivity index (χ3n) is 5.64. The molecular weight excluding hydrogens is 421 g/mol. The molecule has 0 radical (unpaired) electrons. The highest BCUT2D eigenvalue weighted by Gasteiger charge is 2.33. The molecule has 0 bridgehead atoms. The lowest BCUT2D eigenvalue weighted by atomic mass is 9.96. The molecule has 2 heterocycles.